The van der Waals surface area contributed by atoms with Crippen LogP contribution in [0.15, 0.2) is 170 Å². The molecular formula is C45H28N4S. The number of hydrogen-bond acceptors (Lipinski definition) is 4. The van der Waals surface area contributed by atoms with Crippen LogP contribution in [0.25, 0.3) is 93.0 Å². The van der Waals surface area contributed by atoms with Crippen LogP contribution >= 0.6 is 11.3 Å². The summed E-state index contributed by atoms with van der Waals surface area (Å²) in [6, 6.07) is 32.9. The number of hydrogen-bond donors (Lipinski definition) is 0. The fourth-order valence-corrected chi connectivity index (χ4v) is 7.73. The summed E-state index contributed by atoms with van der Waals surface area (Å²) in [5.74, 6) is 1.24. The molecule has 0 aliphatic carbocycles. The lowest BCUT2D eigenvalue weighted by molar-refractivity contribution is 1.06. The molecule has 0 unspecified atom stereocenters. The Hall–Kier alpha value is -6.43. The largest absolute Gasteiger partial charge is 0.309 e. The van der Waals surface area contributed by atoms with E-state index in [1.54, 1.807) is 34.1 Å². The first-order valence-electron chi connectivity index (χ1n) is 20.5. The molecular weight excluding hydrogens is 629 g/mol. The van der Waals surface area contributed by atoms with Crippen LogP contribution in [0, 0.1) is 0 Å². The minimum absolute atomic E-state index is 0.0139. The van der Waals surface area contributed by atoms with Crippen LogP contribution in [0.4, 0.5) is 0 Å². The maximum absolute atomic E-state index is 9.21. The fourth-order valence-electron chi connectivity index (χ4n) is 6.58. The highest BCUT2D eigenvalue weighted by Crippen LogP contribution is 2.39. The van der Waals surface area contributed by atoms with Gasteiger partial charge in [0.15, 0.2) is 17.5 Å². The Balaban J connectivity index is 1.24. The van der Waals surface area contributed by atoms with Crippen molar-refractivity contribution in [2.45, 2.75) is 0 Å². The summed E-state index contributed by atoms with van der Waals surface area (Å²) in [6.07, 6.45) is 0. The van der Waals surface area contributed by atoms with Crippen molar-refractivity contribution in [2.24, 2.45) is 0 Å². The first kappa shape index (κ1) is 20.8. The van der Waals surface area contributed by atoms with Gasteiger partial charge in [0.2, 0.25) is 0 Å². The summed E-state index contributed by atoms with van der Waals surface area (Å²) in [4.78, 5) is 15.1. The molecule has 3 aromatic heterocycles. The van der Waals surface area contributed by atoms with Gasteiger partial charge in [0.1, 0.15) is 0 Å². The van der Waals surface area contributed by atoms with Crippen molar-refractivity contribution in [3.8, 4) is 51.0 Å². The molecule has 7 aromatic carbocycles. The summed E-state index contributed by atoms with van der Waals surface area (Å²) in [7, 11) is 0. The maximum Gasteiger partial charge on any atom is 0.166 e. The van der Waals surface area contributed by atoms with Crippen molar-refractivity contribution in [3.05, 3.63) is 170 Å². The van der Waals surface area contributed by atoms with Gasteiger partial charge in [-0.05, 0) is 53.6 Å². The third kappa shape index (κ3) is 4.71. The summed E-state index contributed by atoms with van der Waals surface area (Å²) in [5.41, 5.74) is 3.67. The predicted octanol–water partition coefficient (Wildman–Crippen LogP) is 12.0. The molecule has 0 amide bonds. The number of thiophene rings is 1. The van der Waals surface area contributed by atoms with Gasteiger partial charge in [-0.25, -0.2) is 15.0 Å². The summed E-state index contributed by atoms with van der Waals surface area (Å²) in [6.45, 7) is 0. The highest BCUT2D eigenvalue weighted by atomic mass is 32.1. The first-order chi connectivity index (χ1) is 28.5. The van der Waals surface area contributed by atoms with Crippen LogP contribution in [0.2, 0.25) is 0 Å². The topological polar surface area (TPSA) is 43.6 Å². The molecule has 0 atom stereocenters. The van der Waals surface area contributed by atoms with Gasteiger partial charge in [-0.3, -0.25) is 0 Å². The lowest BCUT2D eigenvalue weighted by atomic mass is 10.0. The predicted molar refractivity (Wildman–Crippen MR) is 209 cm³/mol. The maximum atomic E-state index is 9.21. The van der Waals surface area contributed by atoms with Crippen LogP contribution in [0.3, 0.4) is 0 Å². The van der Waals surface area contributed by atoms with Crippen LogP contribution in [-0.2, 0) is 0 Å². The number of aromatic nitrogens is 4. The molecule has 0 bridgehead atoms. The van der Waals surface area contributed by atoms with Crippen molar-refractivity contribution in [1.82, 2.24) is 19.5 Å². The normalized spacial score (nSPS) is 14.1. The van der Waals surface area contributed by atoms with Crippen molar-refractivity contribution in [3.63, 3.8) is 0 Å². The third-order valence-corrected chi connectivity index (χ3v) is 10.0. The second-order valence-electron chi connectivity index (χ2n) is 11.8. The minimum atomic E-state index is -0.510. The van der Waals surface area contributed by atoms with Crippen LogP contribution < -0.4 is 0 Å². The highest BCUT2D eigenvalue weighted by molar-refractivity contribution is 7.25. The van der Waals surface area contributed by atoms with Gasteiger partial charge in [-0.1, -0.05) is 127 Å². The zero-order valence-corrected chi connectivity index (χ0v) is 27.0. The minimum Gasteiger partial charge on any atom is -0.309 e. The molecule has 0 N–H and O–H groups in total. The second-order valence-corrected chi connectivity index (χ2v) is 12.9. The summed E-state index contributed by atoms with van der Waals surface area (Å²) >= 11 is 1.70. The van der Waals surface area contributed by atoms with E-state index in [0.29, 0.717) is 45.2 Å². The Bertz CT molecular complexity index is 3370. The van der Waals surface area contributed by atoms with Crippen molar-refractivity contribution in [1.29, 1.82) is 0 Å². The van der Waals surface area contributed by atoms with Gasteiger partial charge in [0.05, 0.1) is 29.1 Å². The average Bonchev–Trinajstić information content (AvgIpc) is 3.82. The second kappa shape index (κ2) is 11.6. The van der Waals surface area contributed by atoms with E-state index < -0.39 is 30.2 Å². The summed E-state index contributed by atoms with van der Waals surface area (Å²) < 4.78 is 81.7. The molecule has 0 spiro atoms. The Morgan fingerprint density at radius 1 is 0.440 bits per heavy atom. The van der Waals surface area contributed by atoms with E-state index in [9.17, 15) is 1.37 Å². The molecule has 234 valence electrons. The van der Waals surface area contributed by atoms with Crippen LogP contribution in [-0.4, -0.2) is 19.5 Å². The van der Waals surface area contributed by atoms with Crippen molar-refractivity contribution >= 4 is 53.3 Å². The zero-order chi connectivity index (χ0) is 40.9. The van der Waals surface area contributed by atoms with E-state index in [2.05, 4.69) is 24.3 Å². The van der Waals surface area contributed by atoms with Gasteiger partial charge in [-0.15, -0.1) is 11.3 Å². The number of para-hydroxylation sites is 2. The summed E-state index contributed by atoms with van der Waals surface area (Å²) in [5, 5.41) is 2.94. The van der Waals surface area contributed by atoms with Gasteiger partial charge < -0.3 is 4.57 Å². The van der Waals surface area contributed by atoms with E-state index in [0.717, 1.165) is 21.2 Å². The number of benzene rings is 7. The molecule has 50 heavy (non-hydrogen) atoms. The number of rotatable bonds is 5. The van der Waals surface area contributed by atoms with E-state index in [4.69, 9.17) is 25.9 Å². The Morgan fingerprint density at radius 2 is 1.14 bits per heavy atom. The smallest absolute Gasteiger partial charge is 0.166 e. The monoisotopic (exact) mass is 665 g/mol. The SMILES string of the molecule is [2H]c1c([2H])c([2H])c(-c2ccc3c(c2)c2c([2H])c([2H])c([2H])c([2H])c2n3-c2ccccc2-c2nc(-c3ccccc3)nc(-c3ccc4c(c3)sc3ccccc34)n2)c([2H])c1[2H]. The molecule has 0 fully saturated rings. The van der Waals surface area contributed by atoms with Gasteiger partial charge >= 0.3 is 0 Å². The number of nitrogens with zero attached hydrogens (tertiary/aromatic N) is 4. The molecule has 5 heteroatoms. The molecule has 3 heterocycles. The molecule has 0 radical (unpaired) electrons. The lowest BCUT2D eigenvalue weighted by Gasteiger charge is -2.14. The molecule has 0 saturated carbocycles. The van der Waals surface area contributed by atoms with Crippen molar-refractivity contribution in [2.75, 3.05) is 0 Å². The van der Waals surface area contributed by atoms with E-state index in [1.165, 1.54) is 10.1 Å². The Labute approximate surface area is 305 Å². The van der Waals surface area contributed by atoms with Crippen molar-refractivity contribution < 1.29 is 12.3 Å². The first-order valence-corrected chi connectivity index (χ1v) is 16.8. The molecule has 0 aliphatic heterocycles. The van der Waals surface area contributed by atoms with Gasteiger partial charge in [0, 0.05) is 47.6 Å². The van der Waals surface area contributed by atoms with Crippen LogP contribution in [0.1, 0.15) is 12.3 Å². The molecule has 0 aliphatic rings. The van der Waals surface area contributed by atoms with Gasteiger partial charge in [-0.2, -0.15) is 0 Å². The van der Waals surface area contributed by atoms with Crippen LogP contribution in [0.5, 0.6) is 0 Å². The Morgan fingerprint density at radius 3 is 2.04 bits per heavy atom. The third-order valence-electron chi connectivity index (χ3n) is 8.88. The van der Waals surface area contributed by atoms with E-state index in [-0.39, 0.29) is 40.6 Å². The molecule has 10 rings (SSSR count). The van der Waals surface area contributed by atoms with E-state index >= 15 is 0 Å². The molecule has 0 saturated heterocycles. The van der Waals surface area contributed by atoms with E-state index in [1.807, 2.05) is 72.8 Å². The lowest BCUT2D eigenvalue weighted by Crippen LogP contribution is -2.03. The molecule has 10 aromatic rings. The van der Waals surface area contributed by atoms with Gasteiger partial charge in [0.25, 0.3) is 0 Å². The Kier molecular flexibility index (Phi) is 4.84. The number of fused-ring (bicyclic) bond motifs is 6. The molecule has 4 nitrogen and oxygen atoms in total. The quantitative estimate of drug-likeness (QED) is 0.184. The average molecular weight is 666 g/mol. The highest BCUT2D eigenvalue weighted by Gasteiger charge is 2.20. The zero-order valence-electron chi connectivity index (χ0n) is 35.2. The standard InChI is InChI=1S/C45H28N4S/c1-3-13-29(14-4-1)31-24-26-40-37(27-31)33-17-7-10-20-38(33)49(40)39-21-11-8-19-36(39)45-47-43(30-15-5-2-6-16-30)46-44(48-45)32-23-25-35-34-18-9-12-22-41(34)50-42(35)28-32/h1-28H/i1D,3D,4D,7D,10D,13D,14D,17D,20D. The fraction of sp³-hybridized carbons (Fsp3) is 0.